The van der Waals surface area contributed by atoms with Gasteiger partial charge in [-0.1, -0.05) is 34.1 Å². The number of amides is 1. The Morgan fingerprint density at radius 1 is 1.17 bits per heavy atom. The van der Waals surface area contributed by atoms with Gasteiger partial charge in [0.25, 0.3) is 5.91 Å². The van der Waals surface area contributed by atoms with Crippen LogP contribution < -0.4 is 10.1 Å². The van der Waals surface area contributed by atoms with E-state index in [0.717, 1.165) is 15.6 Å². The predicted octanol–water partition coefficient (Wildman–Crippen LogP) is 3.49. The Hall–Kier alpha value is -2.34. The van der Waals surface area contributed by atoms with Crippen LogP contribution in [-0.2, 0) is 20.7 Å². The van der Waals surface area contributed by atoms with Gasteiger partial charge in [-0.2, -0.15) is 0 Å². The molecule has 0 aliphatic rings. The molecule has 0 radical (unpaired) electrons. The first-order valence-corrected chi connectivity index (χ1v) is 8.12. The molecule has 0 spiro atoms. The fourth-order valence-electron chi connectivity index (χ4n) is 2.01. The minimum absolute atomic E-state index is 0.0839. The first-order chi connectivity index (χ1) is 11.5. The maximum absolute atomic E-state index is 11.8. The van der Waals surface area contributed by atoms with E-state index in [9.17, 15) is 9.59 Å². The van der Waals surface area contributed by atoms with Crippen molar-refractivity contribution in [3.8, 4) is 5.75 Å². The van der Waals surface area contributed by atoms with Gasteiger partial charge in [0.1, 0.15) is 5.75 Å². The van der Waals surface area contributed by atoms with Crippen molar-refractivity contribution in [3.05, 3.63) is 58.1 Å². The molecule has 6 heteroatoms. The zero-order valence-corrected chi connectivity index (χ0v) is 15.1. The molecule has 24 heavy (non-hydrogen) atoms. The lowest BCUT2D eigenvalue weighted by atomic mass is 10.1. The molecule has 0 atom stereocenters. The number of carbonyl (C=O) groups excluding carboxylic acids is 2. The number of methoxy groups -OCH3 is 1. The summed E-state index contributed by atoms with van der Waals surface area (Å²) in [6, 6.07) is 12.6. The number of hydrogen-bond donors (Lipinski definition) is 1. The van der Waals surface area contributed by atoms with Gasteiger partial charge in [-0.3, -0.25) is 9.59 Å². The maximum Gasteiger partial charge on any atom is 0.310 e. The molecule has 0 saturated heterocycles. The number of esters is 1. The van der Waals surface area contributed by atoms with Gasteiger partial charge in [0.15, 0.2) is 6.61 Å². The number of benzene rings is 2. The van der Waals surface area contributed by atoms with E-state index in [1.165, 1.54) is 0 Å². The lowest BCUT2D eigenvalue weighted by Gasteiger charge is -2.08. The van der Waals surface area contributed by atoms with Gasteiger partial charge in [-0.15, -0.1) is 0 Å². The van der Waals surface area contributed by atoms with Gasteiger partial charge in [0.05, 0.1) is 13.5 Å². The number of hydrogen-bond acceptors (Lipinski definition) is 4. The van der Waals surface area contributed by atoms with Crippen molar-refractivity contribution in [1.29, 1.82) is 0 Å². The van der Waals surface area contributed by atoms with Crippen molar-refractivity contribution in [2.75, 3.05) is 19.0 Å². The summed E-state index contributed by atoms with van der Waals surface area (Å²) in [5, 5.41) is 2.68. The number of anilines is 1. The number of nitrogens with one attached hydrogen (secondary N) is 1. The topological polar surface area (TPSA) is 64.6 Å². The van der Waals surface area contributed by atoms with Crippen molar-refractivity contribution < 1.29 is 19.1 Å². The Labute approximate surface area is 149 Å². The average Bonchev–Trinajstić information content (AvgIpc) is 2.56. The molecular formula is C18H18BrNO4. The van der Waals surface area contributed by atoms with Crippen LogP contribution >= 0.6 is 15.9 Å². The van der Waals surface area contributed by atoms with Gasteiger partial charge in [0, 0.05) is 10.2 Å². The normalized spacial score (nSPS) is 10.1. The Morgan fingerprint density at radius 2 is 1.96 bits per heavy atom. The van der Waals surface area contributed by atoms with Crippen molar-refractivity contribution >= 4 is 33.5 Å². The SMILES string of the molecule is COc1cccc(CC(=O)OCC(=O)Nc2ccc(C)c(Br)c2)c1. The largest absolute Gasteiger partial charge is 0.497 e. The van der Waals surface area contributed by atoms with E-state index >= 15 is 0 Å². The summed E-state index contributed by atoms with van der Waals surface area (Å²) in [4.78, 5) is 23.7. The van der Waals surface area contributed by atoms with E-state index in [1.807, 2.05) is 13.0 Å². The Morgan fingerprint density at radius 3 is 2.67 bits per heavy atom. The van der Waals surface area contributed by atoms with E-state index in [2.05, 4.69) is 21.2 Å². The van der Waals surface area contributed by atoms with Crippen LogP contribution in [0.15, 0.2) is 46.9 Å². The summed E-state index contributed by atoms with van der Waals surface area (Å²) in [7, 11) is 1.56. The highest BCUT2D eigenvalue weighted by Gasteiger charge is 2.10. The minimum atomic E-state index is -0.469. The van der Waals surface area contributed by atoms with Crippen LogP contribution in [0.2, 0.25) is 0 Å². The highest BCUT2D eigenvalue weighted by atomic mass is 79.9. The lowest BCUT2D eigenvalue weighted by molar-refractivity contribution is -0.146. The van der Waals surface area contributed by atoms with Crippen molar-refractivity contribution in [1.82, 2.24) is 0 Å². The average molecular weight is 392 g/mol. The Balaban J connectivity index is 1.82. The van der Waals surface area contributed by atoms with Crippen molar-refractivity contribution in [3.63, 3.8) is 0 Å². The van der Waals surface area contributed by atoms with Crippen LogP contribution in [-0.4, -0.2) is 25.6 Å². The second-order valence-corrected chi connectivity index (χ2v) is 6.06. The smallest absolute Gasteiger partial charge is 0.310 e. The van der Waals surface area contributed by atoms with Crippen LogP contribution in [0.25, 0.3) is 0 Å². The lowest BCUT2D eigenvalue weighted by Crippen LogP contribution is -2.21. The van der Waals surface area contributed by atoms with Crippen LogP contribution in [0, 0.1) is 6.92 Å². The molecule has 2 aromatic carbocycles. The monoisotopic (exact) mass is 391 g/mol. The quantitative estimate of drug-likeness (QED) is 0.765. The van der Waals surface area contributed by atoms with E-state index in [0.29, 0.717) is 11.4 Å². The van der Waals surface area contributed by atoms with E-state index in [1.54, 1.807) is 43.5 Å². The third-order valence-electron chi connectivity index (χ3n) is 3.30. The zero-order valence-electron chi connectivity index (χ0n) is 13.5. The highest BCUT2D eigenvalue weighted by Crippen LogP contribution is 2.20. The maximum atomic E-state index is 11.8. The molecule has 0 saturated carbocycles. The number of carbonyl (C=O) groups is 2. The second-order valence-electron chi connectivity index (χ2n) is 5.20. The molecule has 2 aromatic rings. The Kier molecular flexibility index (Phi) is 6.37. The molecule has 0 bridgehead atoms. The molecule has 1 amide bonds. The molecule has 0 fully saturated rings. The standard InChI is InChI=1S/C18H18BrNO4/c1-12-6-7-14(10-16(12)19)20-17(21)11-24-18(22)9-13-4-3-5-15(8-13)23-2/h3-8,10H,9,11H2,1-2H3,(H,20,21). The van der Waals surface area contributed by atoms with Crippen molar-refractivity contribution in [2.45, 2.75) is 13.3 Å². The van der Waals surface area contributed by atoms with E-state index in [-0.39, 0.29) is 18.9 Å². The molecule has 0 aliphatic heterocycles. The molecule has 1 N–H and O–H groups in total. The third-order valence-corrected chi connectivity index (χ3v) is 4.16. The van der Waals surface area contributed by atoms with E-state index < -0.39 is 5.97 Å². The fraction of sp³-hybridized carbons (Fsp3) is 0.222. The predicted molar refractivity (Wildman–Crippen MR) is 95.2 cm³/mol. The summed E-state index contributed by atoms with van der Waals surface area (Å²) in [6.07, 6.45) is 0.0839. The van der Waals surface area contributed by atoms with Gasteiger partial charge in [0.2, 0.25) is 0 Å². The number of ether oxygens (including phenoxy) is 2. The second kappa shape index (κ2) is 8.49. The molecule has 0 aromatic heterocycles. The van der Waals surface area contributed by atoms with Crippen LogP contribution in [0.5, 0.6) is 5.75 Å². The minimum Gasteiger partial charge on any atom is -0.497 e. The summed E-state index contributed by atoms with van der Waals surface area (Å²) in [6.45, 7) is 1.63. The highest BCUT2D eigenvalue weighted by molar-refractivity contribution is 9.10. The van der Waals surface area contributed by atoms with Crippen LogP contribution in [0.3, 0.4) is 0 Å². The summed E-state index contributed by atoms with van der Waals surface area (Å²) < 4.78 is 11.0. The summed E-state index contributed by atoms with van der Waals surface area (Å²) in [5.41, 5.74) is 2.47. The van der Waals surface area contributed by atoms with Gasteiger partial charge >= 0.3 is 5.97 Å². The van der Waals surface area contributed by atoms with Gasteiger partial charge in [-0.05, 0) is 42.3 Å². The van der Waals surface area contributed by atoms with E-state index in [4.69, 9.17) is 9.47 Å². The fourth-order valence-corrected chi connectivity index (χ4v) is 2.39. The van der Waals surface area contributed by atoms with Crippen LogP contribution in [0.1, 0.15) is 11.1 Å². The number of rotatable bonds is 6. The van der Waals surface area contributed by atoms with Gasteiger partial charge < -0.3 is 14.8 Å². The summed E-state index contributed by atoms with van der Waals surface area (Å²) in [5.74, 6) is -0.184. The molecule has 126 valence electrons. The summed E-state index contributed by atoms with van der Waals surface area (Å²) >= 11 is 3.40. The molecule has 0 aliphatic carbocycles. The van der Waals surface area contributed by atoms with Crippen molar-refractivity contribution in [2.24, 2.45) is 0 Å². The van der Waals surface area contributed by atoms with Gasteiger partial charge in [-0.25, -0.2) is 0 Å². The first kappa shape index (κ1) is 18.0. The number of aryl methyl sites for hydroxylation is 1. The third kappa shape index (κ3) is 5.38. The number of halogens is 1. The van der Waals surface area contributed by atoms with Crippen LogP contribution in [0.4, 0.5) is 5.69 Å². The Bertz CT molecular complexity index is 746. The zero-order chi connectivity index (χ0) is 17.5. The molecule has 5 nitrogen and oxygen atoms in total. The molecule has 0 unspecified atom stereocenters. The molecular weight excluding hydrogens is 374 g/mol. The molecule has 2 rings (SSSR count). The first-order valence-electron chi connectivity index (χ1n) is 7.32. The molecule has 0 heterocycles.